The zero-order valence-corrected chi connectivity index (χ0v) is 22.7. The highest BCUT2D eigenvalue weighted by molar-refractivity contribution is 5.96. The number of carbonyl (C=O) groups is 1. The Bertz CT molecular complexity index is 1240. The topological polar surface area (TPSA) is 255 Å². The van der Waals surface area contributed by atoms with Crippen molar-refractivity contribution in [3.05, 3.63) is 47.5 Å². The molecule has 10 atom stereocenters. The molecule has 0 bridgehead atoms. The summed E-state index contributed by atoms with van der Waals surface area (Å²) in [7, 11) is 1.16. The number of aliphatic hydroxyl groups is 8. The lowest BCUT2D eigenvalue weighted by atomic mass is 9.99. The molecule has 0 spiro atoms. The summed E-state index contributed by atoms with van der Waals surface area (Å²) in [6.07, 6.45) is -15.6. The monoisotopic (exact) mass is 614 g/mol. The van der Waals surface area contributed by atoms with E-state index in [2.05, 4.69) is 0 Å². The lowest BCUT2D eigenvalue weighted by Gasteiger charge is -2.39. The minimum atomic E-state index is -1.76. The number of para-hydroxylation sites is 1. The van der Waals surface area contributed by atoms with Crippen LogP contribution in [0, 0.1) is 0 Å². The molecule has 16 nitrogen and oxygen atoms in total. The molecule has 16 heteroatoms. The number of hydrogen-bond donors (Lipinski definition) is 9. The van der Waals surface area contributed by atoms with Gasteiger partial charge in [0.05, 0.1) is 20.3 Å². The molecule has 2 aliphatic heterocycles. The van der Waals surface area contributed by atoms with Crippen molar-refractivity contribution in [3.63, 3.8) is 0 Å². The molecule has 4 rings (SSSR count). The Morgan fingerprint density at radius 1 is 0.744 bits per heavy atom. The van der Waals surface area contributed by atoms with E-state index in [0.717, 1.165) is 13.2 Å². The highest BCUT2D eigenvalue weighted by Gasteiger charge is 2.46. The van der Waals surface area contributed by atoms with Gasteiger partial charge in [-0.1, -0.05) is 18.2 Å². The van der Waals surface area contributed by atoms with Crippen molar-refractivity contribution in [3.8, 4) is 23.0 Å². The number of aliphatic hydroxyl groups excluding tert-OH is 8. The highest BCUT2D eigenvalue weighted by Crippen LogP contribution is 2.39. The van der Waals surface area contributed by atoms with Gasteiger partial charge in [-0.25, -0.2) is 4.79 Å². The summed E-state index contributed by atoms with van der Waals surface area (Å²) in [5, 5.41) is 90.0. The predicted octanol–water partition coefficient (Wildman–Crippen LogP) is -2.88. The average Bonchev–Trinajstić information content (AvgIpc) is 3.01. The summed E-state index contributed by atoms with van der Waals surface area (Å²) in [5.74, 6) is -2.13. The summed E-state index contributed by atoms with van der Waals surface area (Å²) >= 11 is 0. The summed E-state index contributed by atoms with van der Waals surface area (Å²) in [5.41, 5.74) is -0.211. The van der Waals surface area contributed by atoms with Gasteiger partial charge in [0.1, 0.15) is 72.5 Å². The van der Waals surface area contributed by atoms with Gasteiger partial charge in [0.25, 0.3) is 0 Å². The normalized spacial score (nSPS) is 32.6. The number of carbonyl (C=O) groups excluding carboxylic acids is 1. The summed E-state index contributed by atoms with van der Waals surface area (Å²) in [6, 6.07) is 8.40. The maximum absolute atomic E-state index is 13.1. The van der Waals surface area contributed by atoms with Gasteiger partial charge in [-0.05, 0) is 18.2 Å². The van der Waals surface area contributed by atoms with Crippen LogP contribution in [0.5, 0.6) is 23.0 Å². The Morgan fingerprint density at radius 2 is 1.28 bits per heavy atom. The number of phenolic OH excluding ortho intramolecular Hbond substituents is 1. The zero-order chi connectivity index (χ0) is 31.4. The van der Waals surface area contributed by atoms with Crippen molar-refractivity contribution in [2.45, 2.75) is 68.0 Å². The van der Waals surface area contributed by atoms with Crippen LogP contribution in [0.2, 0.25) is 0 Å². The second kappa shape index (κ2) is 14.0. The van der Waals surface area contributed by atoms with Crippen LogP contribution in [0.4, 0.5) is 0 Å². The molecular formula is C27H34O16. The molecule has 43 heavy (non-hydrogen) atoms. The average molecular weight is 615 g/mol. The summed E-state index contributed by atoms with van der Waals surface area (Å²) in [4.78, 5) is 13.1. The molecule has 2 aromatic carbocycles. The third kappa shape index (κ3) is 6.78. The van der Waals surface area contributed by atoms with Gasteiger partial charge in [0.2, 0.25) is 12.6 Å². The van der Waals surface area contributed by atoms with Crippen LogP contribution < -0.4 is 14.2 Å². The molecule has 2 heterocycles. The number of aromatic hydroxyl groups is 1. The molecule has 0 aliphatic carbocycles. The molecule has 238 valence electrons. The van der Waals surface area contributed by atoms with Crippen molar-refractivity contribution in [1.82, 2.24) is 0 Å². The molecule has 0 unspecified atom stereocenters. The van der Waals surface area contributed by atoms with Crippen molar-refractivity contribution in [1.29, 1.82) is 0 Å². The molecule has 2 aliphatic rings. The van der Waals surface area contributed by atoms with Gasteiger partial charge < -0.3 is 74.4 Å². The number of esters is 1. The smallest absolute Gasteiger partial charge is 0.346 e. The third-order valence-electron chi connectivity index (χ3n) is 7.02. The highest BCUT2D eigenvalue weighted by atomic mass is 16.7. The van der Waals surface area contributed by atoms with Gasteiger partial charge in [-0.15, -0.1) is 0 Å². The van der Waals surface area contributed by atoms with E-state index in [1.807, 2.05) is 0 Å². The second-order valence-electron chi connectivity index (χ2n) is 9.81. The largest absolute Gasteiger partial charge is 0.507 e. The zero-order valence-electron chi connectivity index (χ0n) is 22.7. The van der Waals surface area contributed by atoms with E-state index in [1.165, 1.54) is 18.2 Å². The summed E-state index contributed by atoms with van der Waals surface area (Å²) < 4.78 is 32.6. The van der Waals surface area contributed by atoms with Crippen molar-refractivity contribution < 1.29 is 79.2 Å². The summed E-state index contributed by atoms with van der Waals surface area (Å²) in [6.45, 7) is -1.79. The van der Waals surface area contributed by atoms with E-state index in [-0.39, 0.29) is 22.8 Å². The SMILES string of the molecule is COc1c(O[C@@H]2O[C@H](CO)[C@@H](O)[C@H](O)[C@H]2O)ccc(O)c1C(=O)OCc1ccccc1O[C@H]1O[C@@H](CO)[C@H](O)[C@@H](O)[C@@H]1O. The van der Waals surface area contributed by atoms with Crippen LogP contribution in [0.15, 0.2) is 36.4 Å². The number of ether oxygens (including phenoxy) is 6. The Labute approximate surface area is 244 Å². The Hall–Kier alpha value is -3.29. The fourth-order valence-electron chi connectivity index (χ4n) is 4.58. The van der Waals surface area contributed by atoms with Crippen molar-refractivity contribution >= 4 is 5.97 Å². The Morgan fingerprint density at radius 3 is 1.81 bits per heavy atom. The lowest BCUT2D eigenvalue weighted by molar-refractivity contribution is -0.277. The molecule has 2 saturated heterocycles. The molecule has 0 aromatic heterocycles. The van der Waals surface area contributed by atoms with Crippen molar-refractivity contribution in [2.75, 3.05) is 20.3 Å². The quantitative estimate of drug-likeness (QED) is 0.122. The third-order valence-corrected chi connectivity index (χ3v) is 7.02. The lowest BCUT2D eigenvalue weighted by Crippen LogP contribution is -2.60. The van der Waals surface area contributed by atoms with Crippen LogP contribution in [0.25, 0.3) is 0 Å². The standard InChI is InChI=1S/C27H34O16/c1-38-24-14(41-27-23(36)21(34)19(32)16(9-29)43-27)7-6-12(30)17(24)25(37)39-10-11-4-2-3-5-13(11)40-26-22(35)20(33)18(31)15(8-28)42-26/h2-7,15-16,18-23,26-36H,8-10H2,1H3/t15-,16+,18-,19+,20+,21-,22-,23+,26-,27+/m0/s1. The van der Waals surface area contributed by atoms with E-state index in [4.69, 9.17) is 28.4 Å². The first kappa shape index (κ1) is 32.6. The second-order valence-corrected chi connectivity index (χ2v) is 9.81. The van der Waals surface area contributed by atoms with Gasteiger partial charge in [-0.3, -0.25) is 0 Å². The predicted molar refractivity (Wildman–Crippen MR) is 139 cm³/mol. The minimum Gasteiger partial charge on any atom is -0.507 e. The van der Waals surface area contributed by atoms with Gasteiger partial charge in [0, 0.05) is 5.56 Å². The minimum absolute atomic E-state index is 0.0653. The van der Waals surface area contributed by atoms with Crippen LogP contribution >= 0.6 is 0 Å². The fourth-order valence-corrected chi connectivity index (χ4v) is 4.58. The molecule has 0 saturated carbocycles. The number of methoxy groups -OCH3 is 1. The fraction of sp³-hybridized carbons (Fsp3) is 0.519. The van der Waals surface area contributed by atoms with Gasteiger partial charge in [-0.2, -0.15) is 0 Å². The van der Waals surface area contributed by atoms with Gasteiger partial charge in [0.15, 0.2) is 11.5 Å². The first-order valence-corrected chi connectivity index (χ1v) is 13.1. The van der Waals surface area contributed by atoms with E-state index in [0.29, 0.717) is 0 Å². The maximum Gasteiger partial charge on any atom is 0.346 e. The molecule has 0 amide bonds. The van der Waals surface area contributed by atoms with Crippen LogP contribution in [0.3, 0.4) is 0 Å². The maximum atomic E-state index is 13.1. The number of rotatable bonds is 10. The first-order chi connectivity index (χ1) is 20.5. The van der Waals surface area contributed by atoms with Gasteiger partial charge >= 0.3 is 5.97 Å². The molecule has 9 N–H and O–H groups in total. The molecule has 0 radical (unpaired) electrons. The van der Waals surface area contributed by atoms with Crippen LogP contribution in [0.1, 0.15) is 15.9 Å². The van der Waals surface area contributed by atoms with Crippen molar-refractivity contribution in [2.24, 2.45) is 0 Å². The molecule has 2 fully saturated rings. The van der Waals surface area contributed by atoms with E-state index in [1.54, 1.807) is 12.1 Å². The van der Waals surface area contributed by atoms with Crippen LogP contribution in [-0.4, -0.2) is 134 Å². The Balaban J connectivity index is 1.50. The van der Waals surface area contributed by atoms with E-state index in [9.17, 15) is 50.8 Å². The molecular weight excluding hydrogens is 580 g/mol. The molecule has 2 aromatic rings. The number of phenols is 1. The van der Waals surface area contributed by atoms with Crippen LogP contribution in [-0.2, 0) is 20.8 Å². The Kier molecular flexibility index (Phi) is 10.6. The number of hydrogen-bond acceptors (Lipinski definition) is 16. The van der Waals surface area contributed by atoms with E-state index < -0.39 is 98.5 Å². The number of benzene rings is 2. The first-order valence-electron chi connectivity index (χ1n) is 13.1. The van der Waals surface area contributed by atoms with E-state index >= 15 is 0 Å².